The molecule has 33 heavy (non-hydrogen) atoms. The van der Waals surface area contributed by atoms with Crippen LogP contribution in [0.2, 0.25) is 0 Å². The van der Waals surface area contributed by atoms with Gasteiger partial charge in [-0.05, 0) is 60.9 Å². The van der Waals surface area contributed by atoms with Crippen LogP contribution in [0.15, 0.2) is 65.7 Å². The molecule has 2 N–H and O–H groups in total. The van der Waals surface area contributed by atoms with E-state index in [0.29, 0.717) is 42.5 Å². The molecule has 3 rings (SSSR count). The molecule has 0 aliphatic rings. The lowest BCUT2D eigenvalue weighted by molar-refractivity contribution is 0.0951. The fourth-order valence-corrected chi connectivity index (χ4v) is 4.40. The van der Waals surface area contributed by atoms with Crippen LogP contribution < -0.4 is 14.8 Å². The van der Waals surface area contributed by atoms with Crippen LogP contribution in [0.1, 0.15) is 27.0 Å². The number of rotatable bonds is 10. The minimum atomic E-state index is -3.73. The number of carbonyl (C=O) groups is 1. The normalized spacial score (nSPS) is 11.1. The maximum Gasteiger partial charge on any atom is 0.262 e. The quantitative estimate of drug-likeness (QED) is 0.441. The van der Waals surface area contributed by atoms with Gasteiger partial charge in [0.1, 0.15) is 6.61 Å². The van der Waals surface area contributed by atoms with E-state index in [0.717, 1.165) is 11.1 Å². The van der Waals surface area contributed by atoms with Crippen LogP contribution in [0.4, 0.5) is 5.69 Å². The van der Waals surface area contributed by atoms with E-state index in [9.17, 15) is 13.2 Å². The number of carbonyl (C=O) groups excluding carboxylic acids is 1. The molecule has 174 valence electrons. The smallest absolute Gasteiger partial charge is 0.262 e. The van der Waals surface area contributed by atoms with Crippen molar-refractivity contribution in [1.29, 1.82) is 0 Å². The molecule has 0 spiro atoms. The molecule has 0 atom stereocenters. The number of pyridine rings is 1. The first-order valence-electron chi connectivity index (χ1n) is 10.3. The standard InChI is InChI=1S/C24H27N3O5S/c1-17-4-5-18(2)22(14-17)33(29,30)27-21-9-7-20(8-10-21)24(28)26-16-19-6-11-23(25-15-19)32-13-12-31-3/h4-11,14-15,27H,12-13,16H2,1-3H3,(H,26,28). The van der Waals surface area contributed by atoms with E-state index in [1.807, 2.05) is 19.1 Å². The van der Waals surface area contributed by atoms with Crippen molar-refractivity contribution >= 4 is 21.6 Å². The van der Waals surface area contributed by atoms with Crippen molar-refractivity contribution < 1.29 is 22.7 Å². The van der Waals surface area contributed by atoms with Gasteiger partial charge in [-0.25, -0.2) is 13.4 Å². The number of aromatic nitrogens is 1. The molecular weight excluding hydrogens is 442 g/mol. The SMILES string of the molecule is COCCOc1ccc(CNC(=O)c2ccc(NS(=O)(=O)c3cc(C)ccc3C)cc2)cn1. The number of hydrogen-bond donors (Lipinski definition) is 2. The molecule has 8 nitrogen and oxygen atoms in total. The fourth-order valence-electron chi connectivity index (χ4n) is 3.01. The summed E-state index contributed by atoms with van der Waals surface area (Å²) in [5.41, 5.74) is 3.13. The lowest BCUT2D eigenvalue weighted by atomic mass is 10.2. The number of amides is 1. The molecule has 9 heteroatoms. The maximum atomic E-state index is 12.7. The van der Waals surface area contributed by atoms with Crippen molar-refractivity contribution in [2.75, 3.05) is 25.0 Å². The minimum Gasteiger partial charge on any atom is -0.475 e. The van der Waals surface area contributed by atoms with E-state index < -0.39 is 10.0 Å². The molecule has 0 unspecified atom stereocenters. The van der Waals surface area contributed by atoms with Crippen molar-refractivity contribution in [3.63, 3.8) is 0 Å². The Morgan fingerprint density at radius 2 is 1.76 bits per heavy atom. The maximum absolute atomic E-state index is 12.7. The first-order chi connectivity index (χ1) is 15.8. The molecule has 0 bridgehead atoms. The third-order valence-electron chi connectivity index (χ3n) is 4.82. The highest BCUT2D eigenvalue weighted by molar-refractivity contribution is 7.92. The Labute approximate surface area is 194 Å². The highest BCUT2D eigenvalue weighted by Crippen LogP contribution is 2.21. The first kappa shape index (κ1) is 24.2. The summed E-state index contributed by atoms with van der Waals surface area (Å²) in [6.07, 6.45) is 1.63. The van der Waals surface area contributed by atoms with E-state index in [1.165, 1.54) is 0 Å². The van der Waals surface area contributed by atoms with Gasteiger partial charge in [-0.15, -0.1) is 0 Å². The monoisotopic (exact) mass is 469 g/mol. The van der Waals surface area contributed by atoms with Crippen LogP contribution in [0.3, 0.4) is 0 Å². The van der Waals surface area contributed by atoms with E-state index >= 15 is 0 Å². The van der Waals surface area contributed by atoms with E-state index in [-0.39, 0.29) is 10.8 Å². The Kier molecular flexibility index (Phi) is 8.02. The molecule has 0 radical (unpaired) electrons. The highest BCUT2D eigenvalue weighted by Gasteiger charge is 2.17. The van der Waals surface area contributed by atoms with Gasteiger partial charge in [-0.2, -0.15) is 0 Å². The zero-order chi connectivity index (χ0) is 23.8. The Morgan fingerprint density at radius 3 is 2.42 bits per heavy atom. The largest absolute Gasteiger partial charge is 0.475 e. The lowest BCUT2D eigenvalue weighted by Gasteiger charge is -2.12. The molecule has 0 aliphatic carbocycles. The fraction of sp³-hybridized carbons (Fsp3) is 0.250. The Balaban J connectivity index is 1.57. The average molecular weight is 470 g/mol. The summed E-state index contributed by atoms with van der Waals surface area (Å²) < 4.78 is 38.4. The van der Waals surface area contributed by atoms with Crippen LogP contribution in [-0.2, 0) is 21.3 Å². The molecule has 2 aromatic carbocycles. The number of sulfonamides is 1. The number of hydrogen-bond acceptors (Lipinski definition) is 6. The molecule has 0 saturated heterocycles. The number of ether oxygens (including phenoxy) is 2. The van der Waals surface area contributed by atoms with Crippen molar-refractivity contribution in [3.05, 3.63) is 83.0 Å². The average Bonchev–Trinajstić information content (AvgIpc) is 2.80. The summed E-state index contributed by atoms with van der Waals surface area (Å²) in [5, 5.41) is 2.82. The lowest BCUT2D eigenvalue weighted by Crippen LogP contribution is -2.23. The second-order valence-corrected chi connectivity index (χ2v) is 9.13. The minimum absolute atomic E-state index is 0.230. The molecule has 0 saturated carbocycles. The zero-order valence-electron chi connectivity index (χ0n) is 18.8. The molecule has 0 fully saturated rings. The highest BCUT2D eigenvalue weighted by atomic mass is 32.2. The van der Waals surface area contributed by atoms with Crippen LogP contribution in [0.25, 0.3) is 0 Å². The number of methoxy groups -OCH3 is 1. The number of benzene rings is 2. The van der Waals surface area contributed by atoms with Crippen molar-refractivity contribution in [2.24, 2.45) is 0 Å². The first-order valence-corrected chi connectivity index (χ1v) is 11.8. The van der Waals surface area contributed by atoms with Crippen LogP contribution in [0, 0.1) is 13.8 Å². The zero-order valence-corrected chi connectivity index (χ0v) is 19.6. The summed E-state index contributed by atoms with van der Waals surface area (Å²) in [6, 6.07) is 15.1. The van der Waals surface area contributed by atoms with E-state index in [4.69, 9.17) is 9.47 Å². The number of nitrogens with one attached hydrogen (secondary N) is 2. The predicted octanol–water partition coefficient (Wildman–Crippen LogP) is 3.45. The van der Waals surface area contributed by atoms with Gasteiger partial charge in [0.2, 0.25) is 5.88 Å². The van der Waals surface area contributed by atoms with Crippen LogP contribution >= 0.6 is 0 Å². The third kappa shape index (κ3) is 6.77. The number of aryl methyl sites for hydroxylation is 2. The van der Waals surface area contributed by atoms with Gasteiger partial charge in [0.15, 0.2) is 0 Å². The van der Waals surface area contributed by atoms with Gasteiger partial charge in [0.05, 0.1) is 11.5 Å². The van der Waals surface area contributed by atoms with Gasteiger partial charge in [0.25, 0.3) is 15.9 Å². The summed E-state index contributed by atoms with van der Waals surface area (Å²) in [6.45, 7) is 4.78. The molecule has 1 heterocycles. The van der Waals surface area contributed by atoms with Gasteiger partial charge in [0, 0.05) is 37.2 Å². The van der Waals surface area contributed by atoms with E-state index in [1.54, 1.807) is 62.7 Å². The van der Waals surface area contributed by atoms with Gasteiger partial charge >= 0.3 is 0 Å². The van der Waals surface area contributed by atoms with E-state index in [2.05, 4.69) is 15.0 Å². The van der Waals surface area contributed by atoms with Crippen molar-refractivity contribution in [1.82, 2.24) is 10.3 Å². The van der Waals surface area contributed by atoms with Crippen LogP contribution in [0.5, 0.6) is 5.88 Å². The third-order valence-corrected chi connectivity index (χ3v) is 6.34. The topological polar surface area (TPSA) is 107 Å². The second-order valence-electron chi connectivity index (χ2n) is 7.48. The Morgan fingerprint density at radius 1 is 1.00 bits per heavy atom. The predicted molar refractivity (Wildman–Crippen MR) is 126 cm³/mol. The molecule has 3 aromatic rings. The van der Waals surface area contributed by atoms with Crippen LogP contribution in [-0.4, -0.2) is 39.6 Å². The Hall–Kier alpha value is -3.43. The Bertz CT molecular complexity index is 1190. The van der Waals surface area contributed by atoms with Crippen molar-refractivity contribution in [3.8, 4) is 5.88 Å². The molecule has 1 aromatic heterocycles. The van der Waals surface area contributed by atoms with Gasteiger partial charge < -0.3 is 14.8 Å². The van der Waals surface area contributed by atoms with Gasteiger partial charge in [-0.1, -0.05) is 18.2 Å². The number of anilines is 1. The second kappa shape index (κ2) is 10.9. The number of nitrogens with zero attached hydrogens (tertiary/aromatic N) is 1. The van der Waals surface area contributed by atoms with Crippen molar-refractivity contribution in [2.45, 2.75) is 25.3 Å². The van der Waals surface area contributed by atoms with Gasteiger partial charge in [-0.3, -0.25) is 9.52 Å². The summed E-state index contributed by atoms with van der Waals surface area (Å²) in [5.74, 6) is 0.209. The molecular formula is C24H27N3O5S. The summed E-state index contributed by atoms with van der Waals surface area (Å²) in [7, 11) is -2.13. The summed E-state index contributed by atoms with van der Waals surface area (Å²) in [4.78, 5) is 16.9. The summed E-state index contributed by atoms with van der Waals surface area (Å²) >= 11 is 0. The molecule has 1 amide bonds. The molecule has 0 aliphatic heterocycles.